The minimum absolute atomic E-state index is 0.0727. The zero-order chi connectivity index (χ0) is 12.5. The molecule has 0 amide bonds. The highest BCUT2D eigenvalue weighted by Gasteiger charge is 2.55. The highest BCUT2D eigenvalue weighted by Crippen LogP contribution is 2.61. The number of hydrogen-bond acceptors (Lipinski definition) is 1. The lowest BCUT2D eigenvalue weighted by Gasteiger charge is -1.99. The first-order valence-corrected chi connectivity index (χ1v) is 6.46. The van der Waals surface area contributed by atoms with E-state index in [1.165, 1.54) is 11.1 Å². The first-order valence-electron chi connectivity index (χ1n) is 6.08. The van der Waals surface area contributed by atoms with E-state index in [0.29, 0.717) is 0 Å². The van der Waals surface area contributed by atoms with E-state index in [-0.39, 0.29) is 23.0 Å². The quantitative estimate of drug-likeness (QED) is 0.760. The second-order valence-corrected chi connectivity index (χ2v) is 5.08. The Hall–Kier alpha value is -1.60. The first kappa shape index (κ1) is 11.5. The van der Waals surface area contributed by atoms with Gasteiger partial charge in [-0.2, -0.15) is 0 Å². The molecule has 1 saturated carbocycles. The Morgan fingerprint density at radius 2 is 1.17 bits per heavy atom. The van der Waals surface area contributed by atoms with Crippen molar-refractivity contribution in [3.8, 4) is 0 Å². The summed E-state index contributed by atoms with van der Waals surface area (Å²) in [5.41, 5.74) is 2.40. The largest absolute Gasteiger partial charge is 0.281 e. The fourth-order valence-electron chi connectivity index (χ4n) is 2.77. The molecule has 2 unspecified atom stereocenters. The molecule has 2 aromatic rings. The number of carbonyl (C=O) groups excluding carboxylic acids is 1. The van der Waals surface area contributed by atoms with Gasteiger partial charge in [0.1, 0.15) is 0 Å². The molecule has 0 bridgehead atoms. The van der Waals surface area contributed by atoms with Crippen LogP contribution < -0.4 is 0 Å². The number of rotatable bonds is 3. The number of carbonyl (C=O) groups is 1. The van der Waals surface area contributed by atoms with Crippen molar-refractivity contribution in [2.45, 2.75) is 11.8 Å². The Morgan fingerprint density at radius 1 is 0.778 bits per heavy atom. The molecular formula is C16H13ClO. The van der Waals surface area contributed by atoms with Crippen LogP contribution in [-0.4, -0.2) is 5.24 Å². The fourth-order valence-corrected chi connectivity index (χ4v) is 3.04. The van der Waals surface area contributed by atoms with Crippen molar-refractivity contribution in [2.24, 2.45) is 5.92 Å². The van der Waals surface area contributed by atoms with Crippen LogP contribution in [0.2, 0.25) is 0 Å². The normalized spacial score (nSPS) is 25.7. The van der Waals surface area contributed by atoms with Crippen molar-refractivity contribution in [1.82, 2.24) is 0 Å². The maximum Gasteiger partial charge on any atom is 0.225 e. The zero-order valence-electron chi connectivity index (χ0n) is 9.79. The highest BCUT2D eigenvalue weighted by molar-refractivity contribution is 6.64. The van der Waals surface area contributed by atoms with Gasteiger partial charge in [0.2, 0.25) is 5.24 Å². The lowest BCUT2D eigenvalue weighted by Crippen LogP contribution is -1.92. The summed E-state index contributed by atoms with van der Waals surface area (Å²) in [4.78, 5) is 11.5. The molecule has 1 aliphatic carbocycles. The summed E-state index contributed by atoms with van der Waals surface area (Å²) < 4.78 is 0. The highest BCUT2D eigenvalue weighted by atomic mass is 35.5. The molecule has 18 heavy (non-hydrogen) atoms. The molecule has 2 atom stereocenters. The van der Waals surface area contributed by atoms with Crippen LogP contribution in [0.4, 0.5) is 0 Å². The molecule has 0 spiro atoms. The van der Waals surface area contributed by atoms with Gasteiger partial charge in [-0.3, -0.25) is 4.79 Å². The molecule has 0 N–H and O–H groups in total. The second-order valence-electron chi connectivity index (χ2n) is 4.70. The smallest absolute Gasteiger partial charge is 0.225 e. The zero-order valence-corrected chi connectivity index (χ0v) is 10.5. The third-order valence-electron chi connectivity index (χ3n) is 3.65. The van der Waals surface area contributed by atoms with Crippen molar-refractivity contribution in [3.05, 3.63) is 71.8 Å². The molecular weight excluding hydrogens is 244 g/mol. The molecule has 3 rings (SSSR count). The van der Waals surface area contributed by atoms with Gasteiger partial charge in [-0.15, -0.1) is 0 Å². The van der Waals surface area contributed by atoms with Gasteiger partial charge in [0.05, 0.1) is 0 Å². The van der Waals surface area contributed by atoms with Crippen LogP contribution in [0, 0.1) is 5.92 Å². The van der Waals surface area contributed by atoms with Crippen LogP contribution in [-0.2, 0) is 4.79 Å². The number of halogens is 1. The van der Waals surface area contributed by atoms with E-state index in [0.717, 1.165) is 0 Å². The number of hydrogen-bond donors (Lipinski definition) is 0. The standard InChI is InChI=1S/C16H13ClO/c17-16(18)15-13(11-7-3-1-4-8-11)14(15)12-9-5-2-6-10-12/h1-10,13-15H. The van der Waals surface area contributed by atoms with E-state index in [2.05, 4.69) is 24.3 Å². The molecule has 0 aliphatic heterocycles. The van der Waals surface area contributed by atoms with E-state index in [4.69, 9.17) is 11.6 Å². The van der Waals surface area contributed by atoms with Crippen LogP contribution in [0.5, 0.6) is 0 Å². The lowest BCUT2D eigenvalue weighted by atomic mass is 10.0. The molecule has 1 aliphatic rings. The van der Waals surface area contributed by atoms with Crippen LogP contribution in [0.1, 0.15) is 23.0 Å². The second kappa shape index (κ2) is 4.58. The van der Waals surface area contributed by atoms with E-state index < -0.39 is 0 Å². The van der Waals surface area contributed by atoms with E-state index in [1.807, 2.05) is 36.4 Å². The molecule has 0 radical (unpaired) electrons. The van der Waals surface area contributed by atoms with Gasteiger partial charge in [-0.1, -0.05) is 60.7 Å². The maximum absolute atomic E-state index is 11.5. The van der Waals surface area contributed by atoms with Crippen LogP contribution in [0.25, 0.3) is 0 Å². The topological polar surface area (TPSA) is 17.1 Å². The Morgan fingerprint density at radius 3 is 1.50 bits per heavy atom. The summed E-state index contributed by atoms with van der Waals surface area (Å²) in [5.74, 6) is 0.397. The van der Waals surface area contributed by atoms with Crippen LogP contribution in [0.3, 0.4) is 0 Å². The SMILES string of the molecule is O=C(Cl)C1C(c2ccccc2)C1c1ccccc1. The third-order valence-corrected chi connectivity index (χ3v) is 3.90. The monoisotopic (exact) mass is 256 g/mol. The average Bonchev–Trinajstić information content (AvgIpc) is 3.16. The predicted molar refractivity (Wildman–Crippen MR) is 72.7 cm³/mol. The molecule has 1 fully saturated rings. The summed E-state index contributed by atoms with van der Waals surface area (Å²) in [7, 11) is 0. The van der Waals surface area contributed by atoms with Crippen molar-refractivity contribution in [2.75, 3.05) is 0 Å². The van der Waals surface area contributed by atoms with E-state index in [1.54, 1.807) is 0 Å². The minimum atomic E-state index is -0.224. The average molecular weight is 257 g/mol. The summed E-state index contributed by atoms with van der Waals surface area (Å²) in [6, 6.07) is 20.3. The molecule has 2 heteroatoms. The molecule has 0 heterocycles. The van der Waals surface area contributed by atoms with Crippen molar-refractivity contribution >= 4 is 16.8 Å². The van der Waals surface area contributed by atoms with Gasteiger partial charge in [0.25, 0.3) is 0 Å². The van der Waals surface area contributed by atoms with Crippen LogP contribution in [0.15, 0.2) is 60.7 Å². The minimum Gasteiger partial charge on any atom is -0.281 e. The van der Waals surface area contributed by atoms with Gasteiger partial charge in [-0.25, -0.2) is 0 Å². The predicted octanol–water partition coefficient (Wildman–Crippen LogP) is 3.95. The Bertz CT molecular complexity index is 504. The van der Waals surface area contributed by atoms with Crippen molar-refractivity contribution in [3.63, 3.8) is 0 Å². The summed E-state index contributed by atoms with van der Waals surface area (Å²) in [6.07, 6.45) is 0. The summed E-state index contributed by atoms with van der Waals surface area (Å²) in [5, 5.41) is -0.224. The Kier molecular flexibility index (Phi) is 2.92. The van der Waals surface area contributed by atoms with Gasteiger partial charge in [-0.05, 0) is 22.7 Å². The molecule has 0 aromatic heterocycles. The van der Waals surface area contributed by atoms with Crippen molar-refractivity contribution < 1.29 is 4.79 Å². The maximum atomic E-state index is 11.5. The lowest BCUT2D eigenvalue weighted by molar-refractivity contribution is -0.112. The first-order chi connectivity index (χ1) is 8.79. The summed E-state index contributed by atoms with van der Waals surface area (Å²) in [6.45, 7) is 0. The van der Waals surface area contributed by atoms with Gasteiger partial charge in [0, 0.05) is 17.8 Å². The molecule has 2 aromatic carbocycles. The molecule has 0 saturated heterocycles. The Balaban J connectivity index is 1.94. The Labute approximate surface area is 111 Å². The van der Waals surface area contributed by atoms with Gasteiger partial charge in [0.15, 0.2) is 0 Å². The van der Waals surface area contributed by atoms with Gasteiger partial charge >= 0.3 is 0 Å². The molecule has 90 valence electrons. The molecule has 1 nitrogen and oxygen atoms in total. The third kappa shape index (κ3) is 1.95. The van der Waals surface area contributed by atoms with Crippen molar-refractivity contribution in [1.29, 1.82) is 0 Å². The van der Waals surface area contributed by atoms with E-state index >= 15 is 0 Å². The van der Waals surface area contributed by atoms with Gasteiger partial charge < -0.3 is 0 Å². The van der Waals surface area contributed by atoms with Crippen LogP contribution >= 0.6 is 11.6 Å². The van der Waals surface area contributed by atoms with E-state index in [9.17, 15) is 4.79 Å². The number of benzene rings is 2. The summed E-state index contributed by atoms with van der Waals surface area (Å²) >= 11 is 5.73. The fraction of sp³-hybridized carbons (Fsp3) is 0.188.